The average Bonchev–Trinajstić information content (AvgIpc) is 2.43. The van der Waals surface area contributed by atoms with E-state index in [-0.39, 0.29) is 6.54 Å². The highest BCUT2D eigenvalue weighted by molar-refractivity contribution is 5.79. The molecule has 0 spiro atoms. The summed E-state index contributed by atoms with van der Waals surface area (Å²) < 4.78 is 14.8. The van der Waals surface area contributed by atoms with Crippen molar-refractivity contribution in [3.63, 3.8) is 0 Å². The maximum Gasteiger partial charge on any atom is 0.339 e. The van der Waals surface area contributed by atoms with E-state index in [0.29, 0.717) is 17.2 Å². The van der Waals surface area contributed by atoms with Crippen LogP contribution in [-0.2, 0) is 9.53 Å². The van der Waals surface area contributed by atoms with Gasteiger partial charge < -0.3 is 24.6 Å². The molecule has 1 unspecified atom stereocenters. The Kier molecular flexibility index (Phi) is 5.00. The molecule has 0 aliphatic carbocycles. The third kappa shape index (κ3) is 3.75. The summed E-state index contributed by atoms with van der Waals surface area (Å²) in [5.41, 5.74) is -0.966. The third-order valence-corrected chi connectivity index (χ3v) is 2.66. The van der Waals surface area contributed by atoms with E-state index in [4.69, 9.17) is 9.47 Å². The van der Waals surface area contributed by atoms with Gasteiger partial charge in [-0.15, -0.1) is 0 Å². The van der Waals surface area contributed by atoms with Crippen molar-refractivity contribution in [3.05, 3.63) is 18.2 Å². The Morgan fingerprint density at radius 1 is 1.32 bits per heavy atom. The van der Waals surface area contributed by atoms with Crippen LogP contribution in [-0.4, -0.2) is 44.6 Å². The SMILES string of the molecule is COC(=O)C(C)(O)CNc1ccc(OC)cc1OC. The molecular weight excluding hydrogens is 250 g/mol. The van der Waals surface area contributed by atoms with Crippen molar-refractivity contribution in [1.82, 2.24) is 0 Å². The molecule has 0 aliphatic heterocycles. The van der Waals surface area contributed by atoms with Gasteiger partial charge in [0.25, 0.3) is 0 Å². The molecule has 0 saturated carbocycles. The summed E-state index contributed by atoms with van der Waals surface area (Å²) >= 11 is 0. The Balaban J connectivity index is 2.80. The zero-order valence-corrected chi connectivity index (χ0v) is 11.5. The van der Waals surface area contributed by atoms with E-state index in [1.807, 2.05) is 0 Å². The van der Waals surface area contributed by atoms with Crippen molar-refractivity contribution in [2.75, 3.05) is 33.2 Å². The molecule has 1 atom stereocenters. The second kappa shape index (κ2) is 6.29. The minimum absolute atomic E-state index is 0.00234. The molecule has 2 N–H and O–H groups in total. The van der Waals surface area contributed by atoms with Crippen LogP contribution in [0, 0.1) is 0 Å². The molecule has 19 heavy (non-hydrogen) atoms. The van der Waals surface area contributed by atoms with E-state index in [2.05, 4.69) is 10.1 Å². The molecule has 0 heterocycles. The summed E-state index contributed by atoms with van der Waals surface area (Å²) in [6.45, 7) is 1.38. The topological polar surface area (TPSA) is 77.0 Å². The van der Waals surface area contributed by atoms with Crippen LogP contribution >= 0.6 is 0 Å². The summed E-state index contributed by atoms with van der Waals surface area (Å²) in [4.78, 5) is 11.3. The summed E-state index contributed by atoms with van der Waals surface area (Å²) in [5, 5.41) is 12.8. The number of carbonyl (C=O) groups excluding carboxylic acids is 1. The highest BCUT2D eigenvalue weighted by Crippen LogP contribution is 2.29. The molecule has 1 aromatic rings. The lowest BCUT2D eigenvalue weighted by atomic mass is 10.1. The number of hydrogen-bond donors (Lipinski definition) is 2. The monoisotopic (exact) mass is 269 g/mol. The maximum absolute atomic E-state index is 11.3. The van der Waals surface area contributed by atoms with Crippen molar-refractivity contribution in [2.45, 2.75) is 12.5 Å². The van der Waals surface area contributed by atoms with Crippen molar-refractivity contribution < 1.29 is 24.1 Å². The number of esters is 1. The Labute approximate surface area is 112 Å². The second-order valence-electron chi connectivity index (χ2n) is 4.19. The molecule has 1 rings (SSSR count). The smallest absolute Gasteiger partial charge is 0.339 e. The molecule has 0 radical (unpaired) electrons. The number of anilines is 1. The molecule has 1 aromatic carbocycles. The van der Waals surface area contributed by atoms with Crippen LogP contribution in [0.15, 0.2) is 18.2 Å². The van der Waals surface area contributed by atoms with Gasteiger partial charge in [-0.1, -0.05) is 0 Å². The fourth-order valence-corrected chi connectivity index (χ4v) is 1.50. The Morgan fingerprint density at radius 2 is 2.00 bits per heavy atom. The summed E-state index contributed by atoms with van der Waals surface area (Å²) in [6.07, 6.45) is 0. The van der Waals surface area contributed by atoms with E-state index in [1.165, 1.54) is 21.1 Å². The largest absolute Gasteiger partial charge is 0.497 e. The van der Waals surface area contributed by atoms with Gasteiger partial charge in [0.1, 0.15) is 11.5 Å². The van der Waals surface area contributed by atoms with Crippen molar-refractivity contribution >= 4 is 11.7 Å². The van der Waals surface area contributed by atoms with Crippen molar-refractivity contribution in [3.8, 4) is 11.5 Å². The Morgan fingerprint density at radius 3 is 2.53 bits per heavy atom. The van der Waals surface area contributed by atoms with Crippen LogP contribution in [0.1, 0.15) is 6.92 Å². The standard InChI is InChI=1S/C13H19NO5/c1-13(16,12(15)19-4)8-14-10-6-5-9(17-2)7-11(10)18-3/h5-7,14,16H,8H2,1-4H3. The normalized spacial score (nSPS) is 13.3. The van der Waals surface area contributed by atoms with Crippen LogP contribution in [0.25, 0.3) is 0 Å². The molecule has 106 valence electrons. The molecule has 0 fully saturated rings. The van der Waals surface area contributed by atoms with Gasteiger partial charge in [0, 0.05) is 6.07 Å². The first-order valence-corrected chi connectivity index (χ1v) is 5.71. The van der Waals surface area contributed by atoms with Crippen molar-refractivity contribution in [1.29, 1.82) is 0 Å². The molecule has 6 nitrogen and oxygen atoms in total. The molecule has 0 aliphatic rings. The highest BCUT2D eigenvalue weighted by Gasteiger charge is 2.31. The van der Waals surface area contributed by atoms with Gasteiger partial charge in [-0.2, -0.15) is 0 Å². The van der Waals surface area contributed by atoms with E-state index in [0.717, 1.165) is 0 Å². The van der Waals surface area contributed by atoms with Gasteiger partial charge >= 0.3 is 5.97 Å². The first-order chi connectivity index (χ1) is 8.94. The van der Waals surface area contributed by atoms with E-state index in [1.54, 1.807) is 25.3 Å². The first kappa shape index (κ1) is 15.1. The number of rotatable bonds is 6. The predicted octanol–water partition coefficient (Wildman–Crippen LogP) is 1.04. The highest BCUT2D eigenvalue weighted by atomic mass is 16.5. The fourth-order valence-electron chi connectivity index (χ4n) is 1.50. The molecule has 0 aromatic heterocycles. The zero-order valence-electron chi connectivity index (χ0n) is 11.5. The summed E-state index contributed by atoms with van der Waals surface area (Å²) in [5.74, 6) is 0.509. The second-order valence-corrected chi connectivity index (χ2v) is 4.19. The van der Waals surface area contributed by atoms with Crippen LogP contribution in [0.3, 0.4) is 0 Å². The molecule has 0 saturated heterocycles. The quantitative estimate of drug-likeness (QED) is 0.751. The lowest BCUT2D eigenvalue weighted by Gasteiger charge is -2.22. The third-order valence-electron chi connectivity index (χ3n) is 2.66. The van der Waals surface area contributed by atoms with Gasteiger partial charge in [-0.3, -0.25) is 0 Å². The molecule has 0 bridgehead atoms. The van der Waals surface area contributed by atoms with Gasteiger partial charge in [0.15, 0.2) is 5.60 Å². The molecular formula is C13H19NO5. The minimum Gasteiger partial charge on any atom is -0.497 e. The van der Waals surface area contributed by atoms with Crippen LogP contribution in [0.4, 0.5) is 5.69 Å². The summed E-state index contributed by atoms with van der Waals surface area (Å²) in [7, 11) is 4.31. The van der Waals surface area contributed by atoms with Crippen LogP contribution in [0.5, 0.6) is 11.5 Å². The van der Waals surface area contributed by atoms with Crippen LogP contribution in [0.2, 0.25) is 0 Å². The first-order valence-electron chi connectivity index (χ1n) is 5.71. The number of hydrogen-bond acceptors (Lipinski definition) is 6. The van der Waals surface area contributed by atoms with E-state index in [9.17, 15) is 9.90 Å². The number of nitrogens with one attached hydrogen (secondary N) is 1. The van der Waals surface area contributed by atoms with Crippen LogP contribution < -0.4 is 14.8 Å². The number of methoxy groups -OCH3 is 3. The molecule has 6 heteroatoms. The van der Waals surface area contributed by atoms with Gasteiger partial charge in [0.05, 0.1) is 33.6 Å². The number of benzene rings is 1. The fraction of sp³-hybridized carbons (Fsp3) is 0.462. The Bertz CT molecular complexity index is 445. The average molecular weight is 269 g/mol. The van der Waals surface area contributed by atoms with Gasteiger partial charge in [-0.25, -0.2) is 4.79 Å². The zero-order chi connectivity index (χ0) is 14.5. The number of ether oxygens (including phenoxy) is 3. The molecule has 0 amide bonds. The minimum atomic E-state index is -1.61. The lowest BCUT2D eigenvalue weighted by molar-refractivity contribution is -0.158. The van der Waals surface area contributed by atoms with E-state index >= 15 is 0 Å². The van der Waals surface area contributed by atoms with E-state index < -0.39 is 11.6 Å². The number of aliphatic hydroxyl groups is 1. The summed E-state index contributed by atoms with van der Waals surface area (Å²) in [6, 6.07) is 5.19. The Hall–Kier alpha value is -1.95. The van der Waals surface area contributed by atoms with Gasteiger partial charge in [0.2, 0.25) is 0 Å². The van der Waals surface area contributed by atoms with Crippen molar-refractivity contribution in [2.24, 2.45) is 0 Å². The lowest BCUT2D eigenvalue weighted by Crippen LogP contribution is -2.42. The maximum atomic E-state index is 11.3. The predicted molar refractivity (Wildman–Crippen MR) is 70.7 cm³/mol. The number of carbonyl (C=O) groups is 1. The van der Waals surface area contributed by atoms with Gasteiger partial charge in [-0.05, 0) is 19.1 Å².